The van der Waals surface area contributed by atoms with Crippen molar-refractivity contribution in [3.63, 3.8) is 0 Å². The summed E-state index contributed by atoms with van der Waals surface area (Å²) in [4.78, 5) is 10.2. The minimum Gasteiger partial charge on any atom is -0.495 e. The maximum atomic E-state index is 10.2. The molecule has 66 valence electrons. The highest BCUT2D eigenvalue weighted by Gasteiger charge is 2.00. The van der Waals surface area contributed by atoms with Gasteiger partial charge in [-0.05, 0) is 19.1 Å². The van der Waals surface area contributed by atoms with Crippen LogP contribution in [0.1, 0.15) is 6.92 Å². The number of allylic oxidation sites excluding steroid dienone is 3. The van der Waals surface area contributed by atoms with E-state index in [2.05, 4.69) is 11.9 Å². The van der Waals surface area contributed by atoms with E-state index in [-0.39, 0.29) is 0 Å². The molecule has 0 aromatic rings. The minimum absolute atomic E-state index is 0.595. The van der Waals surface area contributed by atoms with Gasteiger partial charge >= 0.3 is 0 Å². The molecule has 0 saturated carbocycles. The average molecular weight is 167 g/mol. The topological polar surface area (TPSA) is 38.3 Å². The molecule has 0 fully saturated rings. The molecule has 0 aliphatic rings. The average Bonchev–Trinajstić information content (AvgIpc) is 2.07. The van der Waals surface area contributed by atoms with Crippen LogP contribution < -0.4 is 5.32 Å². The van der Waals surface area contributed by atoms with Gasteiger partial charge in [0.05, 0.1) is 12.8 Å². The number of hydrogen-bond acceptors (Lipinski definition) is 2. The van der Waals surface area contributed by atoms with Crippen molar-refractivity contribution in [2.24, 2.45) is 0 Å². The first-order valence-electron chi connectivity index (χ1n) is 3.53. The van der Waals surface area contributed by atoms with Crippen LogP contribution in [0.2, 0.25) is 0 Å². The first-order chi connectivity index (χ1) is 5.79. The van der Waals surface area contributed by atoms with Gasteiger partial charge in [-0.2, -0.15) is 0 Å². The number of carbonyl (C=O) groups excluding carboxylic acids is 1. The molecule has 0 aliphatic carbocycles. The SMILES string of the molecule is C=C/C=C(NC=O)\C(=C/C)OC. The molecule has 1 amide bonds. The molecule has 3 nitrogen and oxygen atoms in total. The van der Waals surface area contributed by atoms with E-state index in [1.165, 1.54) is 0 Å². The zero-order valence-corrected chi connectivity index (χ0v) is 7.33. The molecule has 0 heterocycles. The molecule has 0 saturated heterocycles. The van der Waals surface area contributed by atoms with Gasteiger partial charge in [0, 0.05) is 0 Å². The van der Waals surface area contributed by atoms with Crippen molar-refractivity contribution in [2.75, 3.05) is 7.11 Å². The number of rotatable bonds is 5. The van der Waals surface area contributed by atoms with Crippen LogP contribution in [0, 0.1) is 0 Å². The van der Waals surface area contributed by atoms with E-state index in [1.807, 2.05) is 6.92 Å². The maximum Gasteiger partial charge on any atom is 0.211 e. The lowest BCUT2D eigenvalue weighted by Crippen LogP contribution is -2.13. The van der Waals surface area contributed by atoms with E-state index in [1.54, 1.807) is 25.3 Å². The van der Waals surface area contributed by atoms with Crippen LogP contribution in [0.3, 0.4) is 0 Å². The van der Waals surface area contributed by atoms with Crippen LogP contribution in [0.5, 0.6) is 0 Å². The Morgan fingerprint density at radius 2 is 2.25 bits per heavy atom. The highest BCUT2D eigenvalue weighted by molar-refractivity contribution is 5.53. The molecule has 0 aromatic carbocycles. The van der Waals surface area contributed by atoms with Gasteiger partial charge in [0.2, 0.25) is 6.41 Å². The second kappa shape index (κ2) is 6.22. The lowest BCUT2D eigenvalue weighted by Gasteiger charge is -2.07. The lowest BCUT2D eigenvalue weighted by atomic mass is 10.3. The third-order valence-corrected chi connectivity index (χ3v) is 1.25. The van der Waals surface area contributed by atoms with Crippen LogP contribution in [-0.4, -0.2) is 13.5 Å². The maximum absolute atomic E-state index is 10.2. The largest absolute Gasteiger partial charge is 0.495 e. The fourth-order valence-corrected chi connectivity index (χ4v) is 0.766. The summed E-state index contributed by atoms with van der Waals surface area (Å²) >= 11 is 0. The van der Waals surface area contributed by atoms with E-state index in [0.717, 1.165) is 0 Å². The summed E-state index contributed by atoms with van der Waals surface area (Å²) in [5.74, 6) is 0.613. The van der Waals surface area contributed by atoms with Gasteiger partial charge in [-0.25, -0.2) is 0 Å². The summed E-state index contributed by atoms with van der Waals surface area (Å²) in [6, 6.07) is 0. The molecular formula is C9H13NO2. The van der Waals surface area contributed by atoms with Crippen LogP contribution >= 0.6 is 0 Å². The monoisotopic (exact) mass is 167 g/mol. The summed E-state index contributed by atoms with van der Waals surface area (Å²) in [5, 5.41) is 2.50. The smallest absolute Gasteiger partial charge is 0.211 e. The minimum atomic E-state index is 0.595. The van der Waals surface area contributed by atoms with Crippen molar-refractivity contribution >= 4 is 6.41 Å². The first kappa shape index (κ1) is 10.5. The molecular weight excluding hydrogens is 154 g/mol. The zero-order valence-electron chi connectivity index (χ0n) is 7.33. The van der Waals surface area contributed by atoms with Gasteiger partial charge in [0.15, 0.2) is 0 Å². The third-order valence-electron chi connectivity index (χ3n) is 1.25. The van der Waals surface area contributed by atoms with E-state index in [0.29, 0.717) is 17.9 Å². The second-order valence-electron chi connectivity index (χ2n) is 1.94. The number of amides is 1. The third kappa shape index (κ3) is 3.05. The molecule has 3 heteroatoms. The Bertz CT molecular complexity index is 217. The molecule has 0 aliphatic heterocycles. The Balaban J connectivity index is 4.59. The van der Waals surface area contributed by atoms with Gasteiger partial charge < -0.3 is 10.1 Å². The molecule has 1 N–H and O–H groups in total. The number of carbonyl (C=O) groups is 1. The van der Waals surface area contributed by atoms with Gasteiger partial charge in [0.1, 0.15) is 5.76 Å². The Kier molecular flexibility index (Phi) is 5.43. The summed E-state index contributed by atoms with van der Waals surface area (Å²) < 4.78 is 4.99. The van der Waals surface area contributed by atoms with Gasteiger partial charge in [-0.3, -0.25) is 4.79 Å². The highest BCUT2D eigenvalue weighted by Crippen LogP contribution is 2.06. The number of nitrogens with one attached hydrogen (secondary N) is 1. The number of ether oxygens (including phenoxy) is 1. The first-order valence-corrected chi connectivity index (χ1v) is 3.53. The Labute approximate surface area is 72.4 Å². The zero-order chi connectivity index (χ0) is 9.40. The molecule has 0 aromatic heterocycles. The molecule has 0 unspecified atom stereocenters. The second-order valence-corrected chi connectivity index (χ2v) is 1.94. The van der Waals surface area contributed by atoms with Crippen molar-refractivity contribution in [3.05, 3.63) is 36.3 Å². The summed E-state index contributed by atoms with van der Waals surface area (Å²) in [6.07, 6.45) is 5.59. The van der Waals surface area contributed by atoms with Crippen LogP contribution in [0.25, 0.3) is 0 Å². The van der Waals surface area contributed by atoms with Crippen molar-refractivity contribution in [3.8, 4) is 0 Å². The lowest BCUT2D eigenvalue weighted by molar-refractivity contribution is -0.108. The predicted molar refractivity (Wildman–Crippen MR) is 48.2 cm³/mol. The highest BCUT2D eigenvalue weighted by atomic mass is 16.5. The van der Waals surface area contributed by atoms with Crippen LogP contribution in [0.4, 0.5) is 0 Å². The molecule has 0 atom stereocenters. The quantitative estimate of drug-likeness (QED) is 0.381. The summed E-state index contributed by atoms with van der Waals surface area (Å²) in [5.41, 5.74) is 0.602. The van der Waals surface area contributed by atoms with Gasteiger partial charge in [-0.15, -0.1) is 0 Å². The van der Waals surface area contributed by atoms with Crippen molar-refractivity contribution in [1.29, 1.82) is 0 Å². The van der Waals surface area contributed by atoms with Crippen molar-refractivity contribution in [2.45, 2.75) is 6.92 Å². The van der Waals surface area contributed by atoms with E-state index < -0.39 is 0 Å². The molecule has 12 heavy (non-hydrogen) atoms. The van der Waals surface area contributed by atoms with Crippen molar-refractivity contribution < 1.29 is 9.53 Å². The summed E-state index contributed by atoms with van der Waals surface area (Å²) in [7, 11) is 1.54. The fraction of sp³-hybridized carbons (Fsp3) is 0.222. The van der Waals surface area contributed by atoms with Gasteiger partial charge in [-0.1, -0.05) is 12.7 Å². The van der Waals surface area contributed by atoms with E-state index in [9.17, 15) is 4.79 Å². The Morgan fingerprint density at radius 3 is 2.58 bits per heavy atom. The standard InChI is InChI=1S/C9H13NO2/c1-4-6-8(10-7-11)9(5-2)12-3/h4-7H,1H2,2-3H3,(H,10,11)/b8-6+,9-5+. The van der Waals surface area contributed by atoms with Crippen LogP contribution in [-0.2, 0) is 9.53 Å². The van der Waals surface area contributed by atoms with E-state index >= 15 is 0 Å². The van der Waals surface area contributed by atoms with E-state index in [4.69, 9.17) is 4.74 Å². The normalized spacial score (nSPS) is 12.2. The molecule has 0 radical (unpaired) electrons. The number of methoxy groups -OCH3 is 1. The Morgan fingerprint density at radius 1 is 1.58 bits per heavy atom. The fourth-order valence-electron chi connectivity index (χ4n) is 0.766. The van der Waals surface area contributed by atoms with Gasteiger partial charge in [0.25, 0.3) is 0 Å². The summed E-state index contributed by atoms with van der Waals surface area (Å²) in [6.45, 7) is 5.34. The molecule has 0 rings (SSSR count). The predicted octanol–water partition coefficient (Wildman–Crippen LogP) is 1.35. The molecule has 0 spiro atoms. The number of hydrogen-bond donors (Lipinski definition) is 1. The van der Waals surface area contributed by atoms with Crippen LogP contribution in [0.15, 0.2) is 36.3 Å². The molecule has 0 bridgehead atoms. The Hall–Kier alpha value is -1.51. The van der Waals surface area contributed by atoms with Crippen molar-refractivity contribution in [1.82, 2.24) is 5.32 Å².